The quantitative estimate of drug-likeness (QED) is 0.212. The molecule has 0 atom stereocenters. The zero-order valence-electron chi connectivity index (χ0n) is 15.5. The number of thiazole rings is 1. The lowest BCUT2D eigenvalue weighted by Gasteiger charge is -2.12. The van der Waals surface area contributed by atoms with Crippen molar-refractivity contribution >= 4 is 67.4 Å². The summed E-state index contributed by atoms with van der Waals surface area (Å²) in [4.78, 5) is 28.4. The van der Waals surface area contributed by atoms with Gasteiger partial charge in [0.25, 0.3) is 11.6 Å². The van der Waals surface area contributed by atoms with E-state index in [9.17, 15) is 14.9 Å². The molecule has 0 spiro atoms. The molecule has 0 fully saturated rings. The molecule has 10 heteroatoms. The zero-order valence-corrected chi connectivity index (χ0v) is 17.9. The number of nitro benzene ring substituents is 1. The maximum Gasteiger partial charge on any atom is 0.290 e. The highest BCUT2D eigenvalue weighted by atomic mass is 35.5. The Morgan fingerprint density at radius 2 is 1.93 bits per heavy atom. The van der Waals surface area contributed by atoms with E-state index in [4.69, 9.17) is 11.6 Å². The Bertz CT molecular complexity index is 1280. The predicted octanol–water partition coefficient (Wildman–Crippen LogP) is 5.91. The first-order valence-corrected chi connectivity index (χ1v) is 10.7. The number of rotatable bonds is 5. The molecule has 2 heterocycles. The van der Waals surface area contributed by atoms with Gasteiger partial charge in [-0.15, -0.1) is 11.3 Å². The Hall–Kier alpha value is -3.14. The van der Waals surface area contributed by atoms with Crippen molar-refractivity contribution in [3.8, 4) is 0 Å². The molecule has 0 N–H and O–H groups in total. The van der Waals surface area contributed by atoms with E-state index in [0.29, 0.717) is 19.9 Å². The highest BCUT2D eigenvalue weighted by molar-refractivity contribution is 7.22. The molecule has 0 aliphatic rings. The number of benzene rings is 2. The van der Waals surface area contributed by atoms with E-state index in [2.05, 4.69) is 10.1 Å². The third kappa shape index (κ3) is 4.23. The summed E-state index contributed by atoms with van der Waals surface area (Å²) in [5.41, 5.74) is 2.46. The van der Waals surface area contributed by atoms with Crippen LogP contribution in [0.2, 0.25) is 4.34 Å². The standard InChI is InChI=1S/C20H13ClN4O3S2/c1-12-2-7-15-17(10-12)30-20(23-15)24(19(26)16-8-9-18(21)29-16)22-11-13-3-5-14(6-4-13)25(27)28/h2-11H,1H3/b22-11+. The van der Waals surface area contributed by atoms with Crippen LogP contribution < -0.4 is 5.01 Å². The number of hydrogen-bond donors (Lipinski definition) is 0. The lowest BCUT2D eigenvalue weighted by atomic mass is 10.2. The molecule has 4 rings (SSSR count). The molecular weight excluding hydrogens is 444 g/mol. The third-order valence-electron chi connectivity index (χ3n) is 4.12. The normalized spacial score (nSPS) is 11.3. The summed E-state index contributed by atoms with van der Waals surface area (Å²) in [6, 6.07) is 15.0. The van der Waals surface area contributed by atoms with Crippen LogP contribution in [0.15, 0.2) is 59.7 Å². The van der Waals surface area contributed by atoms with Crippen LogP contribution in [0.25, 0.3) is 10.2 Å². The summed E-state index contributed by atoms with van der Waals surface area (Å²) in [6.45, 7) is 1.99. The Morgan fingerprint density at radius 1 is 1.17 bits per heavy atom. The van der Waals surface area contributed by atoms with Gasteiger partial charge in [0, 0.05) is 12.1 Å². The first-order valence-electron chi connectivity index (χ1n) is 8.66. The van der Waals surface area contributed by atoms with Crippen LogP contribution in [0, 0.1) is 17.0 Å². The minimum absolute atomic E-state index is 0.0187. The maximum atomic E-state index is 13.1. The number of hydrogen-bond acceptors (Lipinski definition) is 7. The molecule has 0 unspecified atom stereocenters. The molecule has 0 bridgehead atoms. The van der Waals surface area contributed by atoms with E-state index >= 15 is 0 Å². The monoisotopic (exact) mass is 456 g/mol. The second-order valence-corrected chi connectivity index (χ2v) is 9.01. The molecular formula is C20H13ClN4O3S2. The van der Waals surface area contributed by atoms with Gasteiger partial charge in [-0.3, -0.25) is 14.9 Å². The molecule has 1 amide bonds. The summed E-state index contributed by atoms with van der Waals surface area (Å²) >= 11 is 8.50. The molecule has 0 saturated carbocycles. The third-order valence-corrected chi connectivity index (χ3v) is 6.33. The number of anilines is 1. The number of nitro groups is 1. The van der Waals surface area contributed by atoms with E-state index in [1.807, 2.05) is 25.1 Å². The lowest BCUT2D eigenvalue weighted by molar-refractivity contribution is -0.384. The van der Waals surface area contributed by atoms with Crippen molar-refractivity contribution in [1.82, 2.24) is 4.98 Å². The molecule has 4 aromatic rings. The fourth-order valence-electron chi connectivity index (χ4n) is 2.64. The van der Waals surface area contributed by atoms with Gasteiger partial charge in [0.05, 0.1) is 30.6 Å². The van der Waals surface area contributed by atoms with Gasteiger partial charge in [-0.25, -0.2) is 4.98 Å². The number of aryl methyl sites for hydroxylation is 1. The molecule has 0 saturated heterocycles. The Labute approximate surface area is 184 Å². The first kappa shape index (κ1) is 20.1. The summed E-state index contributed by atoms with van der Waals surface area (Å²) < 4.78 is 1.44. The van der Waals surface area contributed by atoms with Crippen LogP contribution in [0.3, 0.4) is 0 Å². The fourth-order valence-corrected chi connectivity index (χ4v) is 4.63. The Balaban J connectivity index is 1.72. The summed E-state index contributed by atoms with van der Waals surface area (Å²) in [6.07, 6.45) is 1.47. The van der Waals surface area contributed by atoms with Gasteiger partial charge in [-0.1, -0.05) is 29.0 Å². The van der Waals surface area contributed by atoms with Gasteiger partial charge in [-0.2, -0.15) is 10.1 Å². The van der Waals surface area contributed by atoms with Gasteiger partial charge in [-0.05, 0) is 54.4 Å². The van der Waals surface area contributed by atoms with E-state index in [1.54, 1.807) is 24.3 Å². The molecule has 7 nitrogen and oxygen atoms in total. The van der Waals surface area contributed by atoms with E-state index in [0.717, 1.165) is 27.1 Å². The predicted molar refractivity (Wildman–Crippen MR) is 121 cm³/mol. The Kier molecular flexibility index (Phi) is 5.58. The number of halogens is 1. The van der Waals surface area contributed by atoms with Crippen molar-refractivity contribution in [2.24, 2.45) is 5.10 Å². The molecule has 30 heavy (non-hydrogen) atoms. The van der Waals surface area contributed by atoms with Crippen LogP contribution in [0.4, 0.5) is 10.8 Å². The van der Waals surface area contributed by atoms with E-state index in [1.165, 1.54) is 34.7 Å². The van der Waals surface area contributed by atoms with Crippen LogP contribution >= 0.6 is 34.3 Å². The Morgan fingerprint density at radius 3 is 2.60 bits per heavy atom. The minimum atomic E-state index is -0.472. The smallest absolute Gasteiger partial charge is 0.266 e. The van der Waals surface area contributed by atoms with Gasteiger partial charge in [0.2, 0.25) is 5.13 Å². The number of nitrogens with zero attached hydrogens (tertiary/aromatic N) is 4. The number of carbonyl (C=O) groups is 1. The second kappa shape index (κ2) is 8.31. The number of thiophene rings is 1. The SMILES string of the molecule is Cc1ccc2nc(N(/N=C/c3ccc([N+](=O)[O-])cc3)C(=O)c3ccc(Cl)s3)sc2c1. The van der Waals surface area contributed by atoms with Crippen molar-refractivity contribution in [2.75, 3.05) is 5.01 Å². The molecule has 0 radical (unpaired) electrons. The van der Waals surface area contributed by atoms with Crippen LogP contribution in [-0.2, 0) is 0 Å². The number of non-ortho nitro benzene ring substituents is 1. The maximum absolute atomic E-state index is 13.1. The number of hydrazone groups is 1. The van der Waals surface area contributed by atoms with Gasteiger partial charge >= 0.3 is 0 Å². The highest BCUT2D eigenvalue weighted by Gasteiger charge is 2.22. The van der Waals surface area contributed by atoms with Gasteiger partial charge < -0.3 is 0 Å². The van der Waals surface area contributed by atoms with Crippen molar-refractivity contribution in [2.45, 2.75) is 6.92 Å². The first-order chi connectivity index (χ1) is 14.4. The van der Waals surface area contributed by atoms with Gasteiger partial charge in [0.15, 0.2) is 0 Å². The molecule has 2 aromatic heterocycles. The average Bonchev–Trinajstić information content (AvgIpc) is 3.34. The summed E-state index contributed by atoms with van der Waals surface area (Å²) in [5, 5.41) is 16.8. The second-order valence-electron chi connectivity index (χ2n) is 6.28. The largest absolute Gasteiger partial charge is 0.290 e. The molecule has 0 aliphatic heterocycles. The lowest BCUT2D eigenvalue weighted by Crippen LogP contribution is -2.24. The summed E-state index contributed by atoms with van der Waals surface area (Å²) in [7, 11) is 0. The van der Waals surface area contributed by atoms with E-state index < -0.39 is 4.92 Å². The molecule has 2 aromatic carbocycles. The number of amides is 1. The average molecular weight is 457 g/mol. The molecule has 0 aliphatic carbocycles. The fraction of sp³-hybridized carbons (Fsp3) is 0.0500. The topological polar surface area (TPSA) is 88.7 Å². The van der Waals surface area contributed by atoms with Crippen molar-refractivity contribution in [3.05, 3.63) is 85.1 Å². The van der Waals surface area contributed by atoms with Crippen molar-refractivity contribution in [1.29, 1.82) is 0 Å². The van der Waals surface area contributed by atoms with Crippen LogP contribution in [-0.4, -0.2) is 22.0 Å². The van der Waals surface area contributed by atoms with Crippen molar-refractivity contribution < 1.29 is 9.72 Å². The van der Waals surface area contributed by atoms with E-state index in [-0.39, 0.29) is 11.6 Å². The van der Waals surface area contributed by atoms with Crippen molar-refractivity contribution in [3.63, 3.8) is 0 Å². The van der Waals surface area contributed by atoms with Crippen LogP contribution in [0.1, 0.15) is 20.8 Å². The zero-order chi connectivity index (χ0) is 21.3. The molecule has 150 valence electrons. The minimum Gasteiger partial charge on any atom is -0.266 e. The number of carbonyl (C=O) groups excluding carboxylic acids is 1. The van der Waals surface area contributed by atoms with Crippen LogP contribution in [0.5, 0.6) is 0 Å². The van der Waals surface area contributed by atoms with Gasteiger partial charge in [0.1, 0.15) is 0 Å². The highest BCUT2D eigenvalue weighted by Crippen LogP contribution is 2.32. The number of aromatic nitrogens is 1. The number of fused-ring (bicyclic) bond motifs is 1. The summed E-state index contributed by atoms with van der Waals surface area (Å²) in [5.74, 6) is -0.360.